The summed E-state index contributed by atoms with van der Waals surface area (Å²) >= 11 is 0. The van der Waals surface area contributed by atoms with E-state index in [1.165, 1.54) is 0 Å². The maximum absolute atomic E-state index is 11.8. The van der Waals surface area contributed by atoms with E-state index in [1.807, 2.05) is 13.0 Å². The summed E-state index contributed by atoms with van der Waals surface area (Å²) in [6.07, 6.45) is 3.11. The van der Waals surface area contributed by atoms with Crippen molar-refractivity contribution in [1.29, 1.82) is 0 Å². The minimum Gasteiger partial charge on any atom is -0.450 e. The molecule has 1 aromatic heterocycles. The average molecular weight is 378 g/mol. The summed E-state index contributed by atoms with van der Waals surface area (Å²) in [4.78, 5) is 24.5. The van der Waals surface area contributed by atoms with E-state index in [-0.39, 0.29) is 6.09 Å². The molecular weight excluding hydrogens is 348 g/mol. The molecule has 1 amide bonds. The van der Waals surface area contributed by atoms with Crippen LogP contribution in [-0.4, -0.2) is 91.0 Å². The number of ether oxygens (including phenoxy) is 2. The SMILES string of the molecule is CCOC(=O)N1CCC(Nc2cc(NCCN3CCOCC3)ncn2)CC1. The largest absolute Gasteiger partial charge is 0.450 e. The average Bonchev–Trinajstić information content (AvgIpc) is 2.70. The molecule has 2 N–H and O–H groups in total. The molecule has 2 aliphatic rings. The van der Waals surface area contributed by atoms with Crippen molar-refractivity contribution in [3.8, 4) is 0 Å². The van der Waals surface area contributed by atoms with E-state index >= 15 is 0 Å². The normalized spacial score (nSPS) is 18.9. The molecule has 2 aliphatic heterocycles. The molecule has 2 saturated heterocycles. The van der Waals surface area contributed by atoms with Crippen LogP contribution in [-0.2, 0) is 9.47 Å². The highest BCUT2D eigenvalue weighted by molar-refractivity contribution is 5.67. The topological polar surface area (TPSA) is 91.9 Å². The van der Waals surface area contributed by atoms with Gasteiger partial charge in [-0.15, -0.1) is 0 Å². The van der Waals surface area contributed by atoms with Gasteiger partial charge in [-0.25, -0.2) is 14.8 Å². The number of morpholine rings is 1. The van der Waals surface area contributed by atoms with Crippen LogP contribution in [0.3, 0.4) is 0 Å². The minimum atomic E-state index is -0.218. The molecule has 3 rings (SSSR count). The Kier molecular flexibility index (Phi) is 7.46. The summed E-state index contributed by atoms with van der Waals surface area (Å²) in [5, 5.41) is 6.82. The van der Waals surface area contributed by atoms with Gasteiger partial charge in [0.15, 0.2) is 0 Å². The molecule has 2 fully saturated rings. The number of carbonyl (C=O) groups is 1. The van der Waals surface area contributed by atoms with Crippen molar-refractivity contribution in [2.24, 2.45) is 0 Å². The van der Waals surface area contributed by atoms with Crippen LogP contribution in [0.15, 0.2) is 12.4 Å². The highest BCUT2D eigenvalue weighted by Crippen LogP contribution is 2.17. The van der Waals surface area contributed by atoms with Crippen molar-refractivity contribution in [1.82, 2.24) is 19.8 Å². The lowest BCUT2D eigenvalue weighted by molar-refractivity contribution is 0.0398. The van der Waals surface area contributed by atoms with Crippen molar-refractivity contribution >= 4 is 17.7 Å². The predicted molar refractivity (Wildman–Crippen MR) is 103 cm³/mol. The smallest absolute Gasteiger partial charge is 0.409 e. The molecule has 0 spiro atoms. The van der Waals surface area contributed by atoms with E-state index in [9.17, 15) is 4.79 Å². The third kappa shape index (κ3) is 6.21. The second kappa shape index (κ2) is 10.3. The van der Waals surface area contributed by atoms with Crippen LogP contribution in [0.5, 0.6) is 0 Å². The van der Waals surface area contributed by atoms with Gasteiger partial charge in [-0.3, -0.25) is 4.90 Å². The Labute approximate surface area is 160 Å². The predicted octanol–water partition coefficient (Wildman–Crippen LogP) is 1.25. The first kappa shape index (κ1) is 19.6. The van der Waals surface area contributed by atoms with E-state index in [0.717, 1.165) is 63.9 Å². The molecule has 9 heteroatoms. The standard InChI is InChI=1S/C18H30N6O3/c1-2-27-18(25)24-6-3-15(4-7-24)22-17-13-16(20-14-21-17)19-5-8-23-9-11-26-12-10-23/h13-15H,2-12H2,1H3,(H2,19,20,21,22). The van der Waals surface area contributed by atoms with Crippen LogP contribution in [0.1, 0.15) is 19.8 Å². The van der Waals surface area contributed by atoms with E-state index in [2.05, 4.69) is 25.5 Å². The number of aromatic nitrogens is 2. The third-order valence-corrected chi connectivity index (χ3v) is 4.88. The van der Waals surface area contributed by atoms with Crippen molar-refractivity contribution < 1.29 is 14.3 Å². The van der Waals surface area contributed by atoms with Gasteiger partial charge in [0.2, 0.25) is 0 Å². The summed E-state index contributed by atoms with van der Waals surface area (Å²) in [6.45, 7) is 9.07. The number of likely N-dealkylation sites (tertiary alicyclic amines) is 1. The number of hydrogen-bond acceptors (Lipinski definition) is 8. The van der Waals surface area contributed by atoms with Crippen molar-refractivity contribution in [2.75, 3.05) is 69.7 Å². The number of rotatable bonds is 7. The fourth-order valence-electron chi connectivity index (χ4n) is 3.33. The van der Waals surface area contributed by atoms with Crippen LogP contribution in [0.25, 0.3) is 0 Å². The number of hydrogen-bond donors (Lipinski definition) is 2. The van der Waals surface area contributed by atoms with E-state index < -0.39 is 0 Å². The van der Waals surface area contributed by atoms with Gasteiger partial charge in [0.05, 0.1) is 19.8 Å². The Morgan fingerprint density at radius 2 is 1.96 bits per heavy atom. The molecule has 3 heterocycles. The summed E-state index contributed by atoms with van der Waals surface area (Å²) in [7, 11) is 0. The van der Waals surface area contributed by atoms with Gasteiger partial charge in [-0.2, -0.15) is 0 Å². The summed E-state index contributed by atoms with van der Waals surface area (Å²) in [5.41, 5.74) is 0. The number of nitrogens with one attached hydrogen (secondary N) is 2. The summed E-state index contributed by atoms with van der Waals surface area (Å²) in [5.74, 6) is 1.64. The van der Waals surface area contributed by atoms with Crippen LogP contribution in [0.2, 0.25) is 0 Å². The molecule has 0 saturated carbocycles. The Morgan fingerprint density at radius 3 is 2.70 bits per heavy atom. The first-order valence-electron chi connectivity index (χ1n) is 9.79. The van der Waals surface area contributed by atoms with Crippen LogP contribution in [0, 0.1) is 0 Å². The minimum absolute atomic E-state index is 0.218. The number of carbonyl (C=O) groups excluding carboxylic acids is 1. The zero-order valence-electron chi connectivity index (χ0n) is 16.0. The highest BCUT2D eigenvalue weighted by atomic mass is 16.6. The summed E-state index contributed by atoms with van der Waals surface area (Å²) in [6, 6.07) is 2.24. The summed E-state index contributed by atoms with van der Waals surface area (Å²) < 4.78 is 10.4. The van der Waals surface area contributed by atoms with E-state index in [0.29, 0.717) is 25.7 Å². The van der Waals surface area contributed by atoms with Gasteiger partial charge >= 0.3 is 6.09 Å². The van der Waals surface area contributed by atoms with Gasteiger partial charge in [0.25, 0.3) is 0 Å². The lowest BCUT2D eigenvalue weighted by Gasteiger charge is -2.31. The fraction of sp³-hybridized carbons (Fsp3) is 0.722. The van der Waals surface area contributed by atoms with Crippen molar-refractivity contribution in [2.45, 2.75) is 25.8 Å². The monoisotopic (exact) mass is 378 g/mol. The number of piperidine rings is 1. The molecule has 0 radical (unpaired) electrons. The quantitative estimate of drug-likeness (QED) is 0.733. The van der Waals surface area contributed by atoms with Crippen LogP contribution >= 0.6 is 0 Å². The number of anilines is 2. The molecule has 0 atom stereocenters. The Balaban J connectivity index is 1.40. The third-order valence-electron chi connectivity index (χ3n) is 4.88. The van der Waals surface area contributed by atoms with Gasteiger partial charge < -0.3 is 25.0 Å². The highest BCUT2D eigenvalue weighted by Gasteiger charge is 2.23. The van der Waals surface area contributed by atoms with E-state index in [1.54, 1.807) is 11.2 Å². The lowest BCUT2D eigenvalue weighted by atomic mass is 10.1. The first-order valence-corrected chi connectivity index (χ1v) is 9.79. The van der Waals surface area contributed by atoms with E-state index in [4.69, 9.17) is 9.47 Å². The fourth-order valence-corrected chi connectivity index (χ4v) is 3.33. The molecule has 0 aromatic carbocycles. The van der Waals surface area contributed by atoms with Gasteiger partial charge in [-0.1, -0.05) is 0 Å². The molecule has 27 heavy (non-hydrogen) atoms. The number of nitrogens with zero attached hydrogens (tertiary/aromatic N) is 4. The molecule has 0 aliphatic carbocycles. The maximum Gasteiger partial charge on any atom is 0.409 e. The second-order valence-corrected chi connectivity index (χ2v) is 6.77. The molecule has 1 aromatic rings. The molecule has 0 unspecified atom stereocenters. The van der Waals surface area contributed by atoms with Crippen molar-refractivity contribution in [3.05, 3.63) is 12.4 Å². The van der Waals surface area contributed by atoms with Crippen molar-refractivity contribution in [3.63, 3.8) is 0 Å². The van der Waals surface area contributed by atoms with Gasteiger partial charge in [0, 0.05) is 51.4 Å². The Morgan fingerprint density at radius 1 is 1.22 bits per heavy atom. The Bertz CT molecular complexity index is 588. The zero-order chi connectivity index (χ0) is 18.9. The second-order valence-electron chi connectivity index (χ2n) is 6.77. The maximum atomic E-state index is 11.8. The van der Waals surface area contributed by atoms with Crippen LogP contribution < -0.4 is 10.6 Å². The first-order chi connectivity index (χ1) is 13.2. The Hall–Kier alpha value is -2.13. The molecule has 150 valence electrons. The molecule has 9 nitrogen and oxygen atoms in total. The molecular formula is C18H30N6O3. The zero-order valence-corrected chi connectivity index (χ0v) is 16.0. The van der Waals surface area contributed by atoms with Gasteiger partial charge in [-0.05, 0) is 19.8 Å². The van der Waals surface area contributed by atoms with Crippen LogP contribution in [0.4, 0.5) is 16.4 Å². The lowest BCUT2D eigenvalue weighted by Crippen LogP contribution is -2.42. The molecule has 0 bridgehead atoms. The number of amides is 1. The van der Waals surface area contributed by atoms with Gasteiger partial charge in [0.1, 0.15) is 18.0 Å².